The van der Waals surface area contributed by atoms with Crippen molar-refractivity contribution in [3.8, 4) is 0 Å². The number of carbonyl (C=O) groups excluding carboxylic acids is 2. The summed E-state index contributed by atoms with van der Waals surface area (Å²) in [4.78, 5) is 26.3. The van der Waals surface area contributed by atoms with Crippen molar-refractivity contribution in [2.24, 2.45) is 11.8 Å². The summed E-state index contributed by atoms with van der Waals surface area (Å²) in [5.74, 6) is -1.22. The van der Waals surface area contributed by atoms with Crippen LogP contribution in [0.5, 0.6) is 0 Å². The zero-order valence-corrected chi connectivity index (χ0v) is 17.2. The average Bonchev–Trinajstić information content (AvgIpc) is 2.62. The van der Waals surface area contributed by atoms with Gasteiger partial charge in [-0.1, -0.05) is 43.6 Å². The third-order valence-corrected chi connectivity index (χ3v) is 5.62. The third-order valence-electron chi connectivity index (χ3n) is 5.62. The maximum absolute atomic E-state index is 13.3. The second-order valence-electron chi connectivity index (χ2n) is 7.79. The molecular weight excluding hydrogens is 338 g/mol. The zero-order valence-electron chi connectivity index (χ0n) is 17.2. The maximum atomic E-state index is 13.3. The van der Waals surface area contributed by atoms with Gasteiger partial charge in [0.15, 0.2) is 5.76 Å². The molecule has 0 amide bonds. The van der Waals surface area contributed by atoms with Gasteiger partial charge in [-0.3, -0.25) is 9.59 Å². The number of nitrogens with one attached hydrogen (secondary N) is 1. The molecule has 0 aliphatic heterocycles. The van der Waals surface area contributed by atoms with Crippen LogP contribution in [0, 0.1) is 11.8 Å². The van der Waals surface area contributed by atoms with Crippen LogP contribution in [-0.4, -0.2) is 23.2 Å². The minimum absolute atomic E-state index is 0.0621. The summed E-state index contributed by atoms with van der Waals surface area (Å²) >= 11 is 0. The van der Waals surface area contributed by atoms with Gasteiger partial charge in [0.1, 0.15) is 0 Å². The predicted octanol–water partition coefficient (Wildman–Crippen LogP) is 4.94. The fourth-order valence-corrected chi connectivity index (χ4v) is 4.13. The summed E-state index contributed by atoms with van der Waals surface area (Å²) in [6, 6.07) is 0. The molecule has 0 spiro atoms. The summed E-state index contributed by atoms with van der Waals surface area (Å²) in [5, 5.41) is 13.9. The van der Waals surface area contributed by atoms with E-state index in [1.807, 2.05) is 26.8 Å². The summed E-state index contributed by atoms with van der Waals surface area (Å²) in [6.07, 6.45) is 7.23. The molecule has 4 heteroatoms. The largest absolute Gasteiger partial charge is 0.504 e. The predicted molar refractivity (Wildman–Crippen MR) is 109 cm³/mol. The standard InChI is InChI=1S/C23H33NO3/c1-6-8-9-10-17-20(24-7-2)22(26)19(23(27)21(17)25)18-13-15(5)11-12-16(18)14(3)4/h13,16,18,24,27H,3,6-12H2,1-2,4-5H3/t16-,18+/m0/s1. The van der Waals surface area contributed by atoms with E-state index in [0.717, 1.165) is 37.7 Å². The van der Waals surface area contributed by atoms with Crippen LogP contribution in [0.1, 0.15) is 66.2 Å². The molecule has 0 aromatic rings. The lowest BCUT2D eigenvalue weighted by Gasteiger charge is -2.34. The average molecular weight is 372 g/mol. The maximum Gasteiger partial charge on any atom is 0.225 e. The van der Waals surface area contributed by atoms with Crippen LogP contribution in [0.2, 0.25) is 0 Å². The second-order valence-corrected chi connectivity index (χ2v) is 7.79. The molecule has 2 aliphatic carbocycles. The minimum atomic E-state index is -0.395. The number of carbonyl (C=O) groups is 2. The molecule has 27 heavy (non-hydrogen) atoms. The first-order valence-corrected chi connectivity index (χ1v) is 10.2. The molecule has 0 unspecified atom stereocenters. The Hall–Kier alpha value is -2.10. The van der Waals surface area contributed by atoms with Crippen LogP contribution in [0.15, 0.2) is 46.4 Å². The highest BCUT2D eigenvalue weighted by Gasteiger charge is 2.40. The fraction of sp³-hybridized carbons (Fsp3) is 0.565. The van der Waals surface area contributed by atoms with E-state index in [-0.39, 0.29) is 29.0 Å². The monoisotopic (exact) mass is 371 g/mol. The second kappa shape index (κ2) is 9.20. The number of Topliss-reactive ketones (excluding diaryl/α,β-unsaturated/α-hetero) is 2. The number of rotatable bonds is 8. The van der Waals surface area contributed by atoms with E-state index >= 15 is 0 Å². The third kappa shape index (κ3) is 4.42. The van der Waals surface area contributed by atoms with E-state index in [1.54, 1.807) is 0 Å². The smallest absolute Gasteiger partial charge is 0.225 e. The molecule has 2 N–H and O–H groups in total. The van der Waals surface area contributed by atoms with E-state index < -0.39 is 5.78 Å². The highest BCUT2D eigenvalue weighted by atomic mass is 16.3. The first-order chi connectivity index (χ1) is 12.8. The van der Waals surface area contributed by atoms with Crippen LogP contribution < -0.4 is 5.32 Å². The van der Waals surface area contributed by atoms with E-state index in [1.165, 1.54) is 5.57 Å². The summed E-state index contributed by atoms with van der Waals surface area (Å²) in [5.41, 5.74) is 3.21. The quantitative estimate of drug-likeness (QED) is 0.360. The van der Waals surface area contributed by atoms with E-state index in [0.29, 0.717) is 24.2 Å². The Morgan fingerprint density at radius 3 is 2.56 bits per heavy atom. The number of aliphatic hydroxyl groups excluding tert-OH is 1. The Morgan fingerprint density at radius 1 is 1.26 bits per heavy atom. The van der Waals surface area contributed by atoms with Crippen molar-refractivity contribution < 1.29 is 14.7 Å². The molecule has 0 saturated carbocycles. The molecule has 2 atom stereocenters. The molecular formula is C23H33NO3. The van der Waals surface area contributed by atoms with Crippen LogP contribution in [0.25, 0.3) is 0 Å². The highest BCUT2D eigenvalue weighted by Crippen LogP contribution is 2.41. The van der Waals surface area contributed by atoms with Crippen LogP contribution >= 0.6 is 0 Å². The van der Waals surface area contributed by atoms with Gasteiger partial charge in [-0.15, -0.1) is 0 Å². The van der Waals surface area contributed by atoms with Gasteiger partial charge >= 0.3 is 0 Å². The molecule has 2 aliphatic rings. The van der Waals surface area contributed by atoms with Crippen molar-refractivity contribution in [1.82, 2.24) is 5.32 Å². The molecule has 0 aromatic carbocycles. The van der Waals surface area contributed by atoms with Gasteiger partial charge in [-0.25, -0.2) is 0 Å². The molecule has 0 saturated heterocycles. The molecule has 0 radical (unpaired) electrons. The lowest BCUT2D eigenvalue weighted by atomic mass is 9.70. The van der Waals surface area contributed by atoms with Crippen molar-refractivity contribution >= 4 is 11.6 Å². The van der Waals surface area contributed by atoms with Gasteiger partial charge in [-0.05, 0) is 52.4 Å². The van der Waals surface area contributed by atoms with Gasteiger partial charge in [-0.2, -0.15) is 0 Å². The minimum Gasteiger partial charge on any atom is -0.504 e. The van der Waals surface area contributed by atoms with Gasteiger partial charge in [0, 0.05) is 18.0 Å². The molecule has 0 bridgehead atoms. The number of hydrogen-bond donors (Lipinski definition) is 2. The van der Waals surface area contributed by atoms with Crippen molar-refractivity contribution in [2.45, 2.75) is 66.2 Å². The van der Waals surface area contributed by atoms with Crippen molar-refractivity contribution in [1.29, 1.82) is 0 Å². The lowest BCUT2D eigenvalue weighted by molar-refractivity contribution is -0.119. The first-order valence-electron chi connectivity index (χ1n) is 10.2. The van der Waals surface area contributed by atoms with Crippen molar-refractivity contribution in [3.63, 3.8) is 0 Å². The van der Waals surface area contributed by atoms with E-state index in [4.69, 9.17) is 0 Å². The molecule has 4 nitrogen and oxygen atoms in total. The fourth-order valence-electron chi connectivity index (χ4n) is 4.13. The first kappa shape index (κ1) is 21.2. The Bertz CT molecular complexity index is 724. The zero-order chi connectivity index (χ0) is 20.1. The van der Waals surface area contributed by atoms with E-state index in [9.17, 15) is 14.7 Å². The summed E-state index contributed by atoms with van der Waals surface area (Å²) in [6.45, 7) is 12.6. The number of hydrogen-bond acceptors (Lipinski definition) is 4. The van der Waals surface area contributed by atoms with Crippen LogP contribution in [0.3, 0.4) is 0 Å². The number of allylic oxidation sites excluding steroid dienone is 5. The van der Waals surface area contributed by atoms with Crippen molar-refractivity contribution in [3.05, 3.63) is 46.4 Å². The number of likely N-dealkylation sites (N-methyl/N-ethyl adjacent to an activating group) is 1. The van der Waals surface area contributed by atoms with Gasteiger partial charge in [0.2, 0.25) is 11.6 Å². The summed E-state index contributed by atoms with van der Waals surface area (Å²) in [7, 11) is 0. The molecule has 0 aromatic heterocycles. The van der Waals surface area contributed by atoms with Gasteiger partial charge < -0.3 is 10.4 Å². The molecule has 0 fully saturated rings. The highest BCUT2D eigenvalue weighted by molar-refractivity contribution is 6.24. The number of ketones is 2. The number of unbranched alkanes of at least 4 members (excludes halogenated alkanes) is 2. The summed E-state index contributed by atoms with van der Waals surface area (Å²) < 4.78 is 0. The SMILES string of the molecule is C=C(C)[C@@H]1CCC(C)=C[C@H]1C1=C(O)C(=O)C(CCCCC)=C(NCC)C1=O. The Kier molecular flexibility index (Phi) is 7.23. The molecule has 2 rings (SSSR count). The van der Waals surface area contributed by atoms with Gasteiger partial charge in [0.25, 0.3) is 0 Å². The Morgan fingerprint density at radius 2 is 1.96 bits per heavy atom. The van der Waals surface area contributed by atoms with Crippen molar-refractivity contribution in [2.75, 3.05) is 6.54 Å². The topological polar surface area (TPSA) is 66.4 Å². The number of aliphatic hydroxyl groups is 1. The Balaban J connectivity index is 2.49. The van der Waals surface area contributed by atoms with Gasteiger partial charge in [0.05, 0.1) is 11.3 Å². The lowest BCUT2D eigenvalue weighted by Crippen LogP contribution is -2.36. The van der Waals surface area contributed by atoms with E-state index in [2.05, 4.69) is 18.8 Å². The molecule has 0 heterocycles. The van der Waals surface area contributed by atoms with Crippen LogP contribution in [0.4, 0.5) is 0 Å². The Labute approximate surface area is 163 Å². The van der Waals surface area contributed by atoms with Crippen LogP contribution in [-0.2, 0) is 9.59 Å². The normalized spacial score (nSPS) is 23.6. The molecule has 148 valence electrons.